The first kappa shape index (κ1) is 31.2. The molecular weight excluding hydrogens is 671 g/mol. The number of rotatable bonds is 6. The van der Waals surface area contributed by atoms with E-state index < -0.39 is 0 Å². The first-order valence-electron chi connectivity index (χ1n) is 18.7. The summed E-state index contributed by atoms with van der Waals surface area (Å²) in [7, 11) is 0. The fraction of sp³-hybridized carbons (Fsp3) is 0. The zero-order valence-electron chi connectivity index (χ0n) is 29.8. The molecule has 2 heterocycles. The molecule has 0 amide bonds. The Bertz CT molecular complexity index is 3170. The van der Waals surface area contributed by atoms with Crippen LogP contribution in [0.2, 0.25) is 0 Å². The molecule has 0 bridgehead atoms. The SMILES string of the molecule is c1ccc(-c2ccc(-c3ccc(N(c4ccc(-c5ccc6c(c5)oc5ccccc56)cc4)c4cccc5oc6c7ccccc7ccc6c45)cc3)cc2)cc1. The summed E-state index contributed by atoms with van der Waals surface area (Å²) in [6.07, 6.45) is 0. The lowest BCUT2D eigenvalue weighted by Gasteiger charge is -2.26. The Morgan fingerprint density at radius 2 is 0.836 bits per heavy atom. The van der Waals surface area contributed by atoms with E-state index in [9.17, 15) is 0 Å². The Balaban J connectivity index is 1.02. The highest BCUT2D eigenvalue weighted by Gasteiger charge is 2.21. The quantitative estimate of drug-likeness (QED) is 0.173. The Kier molecular flexibility index (Phi) is 7.17. The molecule has 0 saturated carbocycles. The van der Waals surface area contributed by atoms with E-state index in [2.05, 4.69) is 193 Å². The van der Waals surface area contributed by atoms with Crippen molar-refractivity contribution in [2.45, 2.75) is 0 Å². The second kappa shape index (κ2) is 12.6. The van der Waals surface area contributed by atoms with E-state index in [4.69, 9.17) is 8.83 Å². The van der Waals surface area contributed by atoms with Gasteiger partial charge in [0.15, 0.2) is 0 Å². The summed E-state index contributed by atoms with van der Waals surface area (Å²) in [5.74, 6) is 0. The number of anilines is 3. The van der Waals surface area contributed by atoms with Gasteiger partial charge in [-0.1, -0.05) is 140 Å². The van der Waals surface area contributed by atoms with E-state index in [1.807, 2.05) is 12.1 Å². The minimum Gasteiger partial charge on any atom is -0.456 e. The Morgan fingerprint density at radius 1 is 0.309 bits per heavy atom. The van der Waals surface area contributed by atoms with Crippen molar-refractivity contribution in [3.8, 4) is 33.4 Å². The highest BCUT2D eigenvalue weighted by Crippen LogP contribution is 2.45. The molecule has 2 aromatic heterocycles. The third-order valence-electron chi connectivity index (χ3n) is 10.9. The van der Waals surface area contributed by atoms with Crippen LogP contribution in [0.5, 0.6) is 0 Å². The lowest BCUT2D eigenvalue weighted by molar-refractivity contribution is 0.669. The highest BCUT2D eigenvalue weighted by molar-refractivity contribution is 6.19. The van der Waals surface area contributed by atoms with Gasteiger partial charge >= 0.3 is 0 Å². The minimum atomic E-state index is 0.861. The summed E-state index contributed by atoms with van der Waals surface area (Å²) < 4.78 is 12.9. The van der Waals surface area contributed by atoms with Crippen molar-refractivity contribution in [1.29, 1.82) is 0 Å². The van der Waals surface area contributed by atoms with Crippen LogP contribution in [-0.4, -0.2) is 0 Å². The minimum absolute atomic E-state index is 0.861. The van der Waals surface area contributed by atoms with Crippen molar-refractivity contribution in [1.82, 2.24) is 0 Å². The van der Waals surface area contributed by atoms with E-state index in [0.29, 0.717) is 0 Å². The largest absolute Gasteiger partial charge is 0.456 e. The normalized spacial score (nSPS) is 11.6. The summed E-state index contributed by atoms with van der Waals surface area (Å²) >= 11 is 0. The van der Waals surface area contributed by atoms with E-state index >= 15 is 0 Å². The molecule has 0 radical (unpaired) electrons. The van der Waals surface area contributed by atoms with Gasteiger partial charge in [0.2, 0.25) is 0 Å². The number of benzene rings is 9. The summed E-state index contributed by atoms with van der Waals surface area (Å²) in [6, 6.07) is 71.0. The van der Waals surface area contributed by atoms with Crippen LogP contribution in [-0.2, 0) is 0 Å². The summed E-state index contributed by atoms with van der Waals surface area (Å²) in [4.78, 5) is 2.35. The number of hydrogen-bond donors (Lipinski definition) is 0. The van der Waals surface area contributed by atoms with Gasteiger partial charge in [-0.2, -0.15) is 0 Å². The zero-order valence-corrected chi connectivity index (χ0v) is 29.8. The smallest absolute Gasteiger partial charge is 0.143 e. The van der Waals surface area contributed by atoms with Gasteiger partial charge in [-0.3, -0.25) is 0 Å². The van der Waals surface area contributed by atoms with E-state index in [1.165, 1.54) is 16.7 Å². The molecule has 0 aliphatic rings. The molecule has 0 spiro atoms. The predicted molar refractivity (Wildman–Crippen MR) is 229 cm³/mol. The van der Waals surface area contributed by atoms with Crippen molar-refractivity contribution in [2.75, 3.05) is 4.90 Å². The molecule has 55 heavy (non-hydrogen) atoms. The van der Waals surface area contributed by atoms with Gasteiger partial charge < -0.3 is 13.7 Å². The standard InChI is InChI=1S/C52H33NO2/c1-2-9-34(10-3-1)35-17-19-36(20-18-35)37-21-27-41(28-22-37)53(47-14-8-16-49-51(47)46-32-25-39-11-4-5-12-43(39)52(46)55-49)42-29-23-38(24-30-42)40-26-31-45-44-13-6-7-15-48(44)54-50(45)33-40/h1-33H. The lowest BCUT2D eigenvalue weighted by atomic mass is 9.99. The van der Waals surface area contributed by atoms with Crippen LogP contribution in [0.1, 0.15) is 0 Å². The first-order valence-corrected chi connectivity index (χ1v) is 18.7. The average Bonchev–Trinajstić information content (AvgIpc) is 3.84. The number of para-hydroxylation sites is 1. The van der Waals surface area contributed by atoms with Gasteiger partial charge in [-0.05, 0) is 99.4 Å². The van der Waals surface area contributed by atoms with Gasteiger partial charge in [0.25, 0.3) is 0 Å². The molecular formula is C52H33NO2. The fourth-order valence-corrected chi connectivity index (χ4v) is 8.15. The molecule has 0 N–H and O–H groups in total. The number of fused-ring (bicyclic) bond motifs is 8. The Hall–Kier alpha value is -7.36. The van der Waals surface area contributed by atoms with Crippen molar-refractivity contribution >= 4 is 71.7 Å². The van der Waals surface area contributed by atoms with Crippen LogP contribution in [0.3, 0.4) is 0 Å². The van der Waals surface area contributed by atoms with Crippen LogP contribution < -0.4 is 4.90 Å². The molecule has 0 aliphatic carbocycles. The average molecular weight is 704 g/mol. The maximum absolute atomic E-state index is 6.65. The summed E-state index contributed by atoms with van der Waals surface area (Å²) in [5, 5.41) is 6.73. The lowest BCUT2D eigenvalue weighted by Crippen LogP contribution is -2.10. The van der Waals surface area contributed by atoms with Crippen LogP contribution in [0, 0.1) is 0 Å². The Labute approximate surface area is 317 Å². The van der Waals surface area contributed by atoms with Crippen molar-refractivity contribution < 1.29 is 8.83 Å². The van der Waals surface area contributed by atoms with Gasteiger partial charge in [0, 0.05) is 32.9 Å². The molecule has 0 unspecified atom stereocenters. The molecule has 0 saturated heterocycles. The van der Waals surface area contributed by atoms with Crippen LogP contribution in [0.15, 0.2) is 209 Å². The van der Waals surface area contributed by atoms with E-state index in [1.54, 1.807) is 0 Å². The van der Waals surface area contributed by atoms with Crippen LogP contribution >= 0.6 is 0 Å². The molecule has 3 heteroatoms. The van der Waals surface area contributed by atoms with Gasteiger partial charge in [-0.25, -0.2) is 0 Å². The van der Waals surface area contributed by atoms with Crippen LogP contribution in [0.25, 0.3) is 88.0 Å². The number of nitrogens with zero attached hydrogens (tertiary/aromatic N) is 1. The molecule has 9 aromatic carbocycles. The van der Waals surface area contributed by atoms with Crippen molar-refractivity contribution in [2.24, 2.45) is 0 Å². The van der Waals surface area contributed by atoms with Gasteiger partial charge in [-0.15, -0.1) is 0 Å². The molecule has 0 aliphatic heterocycles. The van der Waals surface area contributed by atoms with E-state index in [0.717, 1.165) is 88.4 Å². The molecule has 0 fully saturated rings. The van der Waals surface area contributed by atoms with Crippen LogP contribution in [0.4, 0.5) is 17.1 Å². The zero-order chi connectivity index (χ0) is 36.3. The predicted octanol–water partition coefficient (Wildman–Crippen LogP) is 15.1. The second-order valence-corrected chi connectivity index (χ2v) is 14.1. The molecule has 3 nitrogen and oxygen atoms in total. The fourth-order valence-electron chi connectivity index (χ4n) is 8.15. The van der Waals surface area contributed by atoms with Crippen molar-refractivity contribution in [3.63, 3.8) is 0 Å². The monoisotopic (exact) mass is 703 g/mol. The third kappa shape index (κ3) is 5.28. The van der Waals surface area contributed by atoms with Gasteiger partial charge in [0.05, 0.1) is 11.1 Å². The highest BCUT2D eigenvalue weighted by atomic mass is 16.3. The topological polar surface area (TPSA) is 29.5 Å². The number of hydrogen-bond acceptors (Lipinski definition) is 3. The summed E-state index contributed by atoms with van der Waals surface area (Å²) in [5.41, 5.74) is 13.7. The third-order valence-corrected chi connectivity index (χ3v) is 10.9. The number of furan rings is 2. The summed E-state index contributed by atoms with van der Waals surface area (Å²) in [6.45, 7) is 0. The molecule has 11 rings (SSSR count). The van der Waals surface area contributed by atoms with Gasteiger partial charge in [0.1, 0.15) is 22.3 Å². The Morgan fingerprint density at radius 3 is 1.56 bits per heavy atom. The maximum Gasteiger partial charge on any atom is 0.143 e. The van der Waals surface area contributed by atoms with E-state index in [-0.39, 0.29) is 0 Å². The van der Waals surface area contributed by atoms with Crippen molar-refractivity contribution in [3.05, 3.63) is 200 Å². The second-order valence-electron chi connectivity index (χ2n) is 14.1. The first-order chi connectivity index (χ1) is 27.2. The maximum atomic E-state index is 6.65. The molecule has 258 valence electrons. The molecule has 11 aromatic rings. The molecule has 0 atom stereocenters.